The molecule has 0 aliphatic carbocycles. The van der Waals surface area contributed by atoms with Crippen LogP contribution in [0.5, 0.6) is 0 Å². The van der Waals surface area contributed by atoms with E-state index in [1.165, 1.54) is 0 Å². The van der Waals surface area contributed by atoms with Crippen molar-refractivity contribution in [3.8, 4) is 0 Å². The number of piperidine rings is 1. The lowest BCUT2D eigenvalue weighted by Gasteiger charge is -2.39. The maximum Gasteiger partial charge on any atom is 0.238 e. The van der Waals surface area contributed by atoms with Gasteiger partial charge in [0.1, 0.15) is 0 Å². The predicted molar refractivity (Wildman–Crippen MR) is 63.5 cm³/mol. The van der Waals surface area contributed by atoms with E-state index >= 15 is 0 Å². The van der Waals surface area contributed by atoms with Crippen LogP contribution in [-0.2, 0) is 14.3 Å². The van der Waals surface area contributed by atoms with E-state index in [4.69, 9.17) is 9.47 Å². The van der Waals surface area contributed by atoms with Crippen LogP contribution in [0, 0.1) is 0 Å². The largest absolute Gasteiger partial charge is 0.347 e. The normalized spacial score (nSPS) is 25.1. The van der Waals surface area contributed by atoms with Crippen LogP contribution in [-0.4, -0.2) is 47.2 Å². The van der Waals surface area contributed by atoms with Gasteiger partial charge < -0.3 is 14.4 Å². The Labute approximate surface area is 104 Å². The van der Waals surface area contributed by atoms with Crippen LogP contribution in [0.4, 0.5) is 0 Å². The molecule has 0 radical (unpaired) electrons. The fourth-order valence-electron chi connectivity index (χ4n) is 2.21. The maximum atomic E-state index is 12.0. The van der Waals surface area contributed by atoms with Crippen molar-refractivity contribution in [2.24, 2.45) is 0 Å². The van der Waals surface area contributed by atoms with Crippen LogP contribution in [0.25, 0.3) is 0 Å². The van der Waals surface area contributed by atoms with Gasteiger partial charge in [0.2, 0.25) is 5.91 Å². The van der Waals surface area contributed by atoms with Crippen molar-refractivity contribution in [2.75, 3.05) is 26.3 Å². The summed E-state index contributed by atoms with van der Waals surface area (Å²) in [4.78, 5) is 13.9. The van der Waals surface area contributed by atoms with E-state index in [0.717, 1.165) is 12.8 Å². The SMILES string of the molecule is CC(C)(Br)C(=O)N1CCC2(CC1)OCCO2. The van der Waals surface area contributed by atoms with E-state index in [1.807, 2.05) is 18.7 Å². The van der Waals surface area contributed by atoms with Gasteiger partial charge in [0.05, 0.1) is 17.5 Å². The molecule has 0 N–H and O–H groups in total. The first-order valence-electron chi connectivity index (χ1n) is 5.69. The zero-order valence-electron chi connectivity index (χ0n) is 9.79. The molecule has 16 heavy (non-hydrogen) atoms. The number of ether oxygens (including phenoxy) is 2. The molecule has 0 aromatic carbocycles. The molecule has 0 aromatic heterocycles. The first-order chi connectivity index (χ1) is 7.43. The van der Waals surface area contributed by atoms with Crippen molar-refractivity contribution < 1.29 is 14.3 Å². The summed E-state index contributed by atoms with van der Waals surface area (Å²) >= 11 is 3.40. The van der Waals surface area contributed by atoms with Gasteiger partial charge in [-0.2, -0.15) is 0 Å². The number of hydrogen-bond acceptors (Lipinski definition) is 3. The summed E-state index contributed by atoms with van der Waals surface area (Å²) in [5.74, 6) is -0.256. The van der Waals surface area contributed by atoms with Gasteiger partial charge in [0.25, 0.3) is 0 Å². The molecular formula is C11H18BrNO3. The number of hydrogen-bond donors (Lipinski definition) is 0. The van der Waals surface area contributed by atoms with Crippen molar-refractivity contribution >= 4 is 21.8 Å². The average molecular weight is 292 g/mol. The van der Waals surface area contributed by atoms with E-state index < -0.39 is 10.1 Å². The van der Waals surface area contributed by atoms with Crippen molar-refractivity contribution in [1.29, 1.82) is 0 Å². The van der Waals surface area contributed by atoms with E-state index in [-0.39, 0.29) is 5.91 Å². The number of amides is 1. The molecule has 0 unspecified atom stereocenters. The third-order valence-electron chi connectivity index (χ3n) is 3.13. The molecule has 4 nitrogen and oxygen atoms in total. The summed E-state index contributed by atoms with van der Waals surface area (Å²) in [5.41, 5.74) is 0. The lowest BCUT2D eigenvalue weighted by atomic mass is 10.0. The molecule has 1 spiro atoms. The lowest BCUT2D eigenvalue weighted by molar-refractivity contribution is -0.187. The van der Waals surface area contributed by atoms with E-state index in [2.05, 4.69) is 15.9 Å². The highest BCUT2D eigenvalue weighted by Gasteiger charge is 2.42. The molecule has 0 atom stereocenters. The molecule has 5 heteroatoms. The Balaban J connectivity index is 1.92. The monoisotopic (exact) mass is 291 g/mol. The summed E-state index contributed by atoms with van der Waals surface area (Å²) in [6, 6.07) is 0. The van der Waals surface area contributed by atoms with Crippen LogP contribution in [0.2, 0.25) is 0 Å². The molecule has 2 aliphatic heterocycles. The van der Waals surface area contributed by atoms with Crippen LogP contribution >= 0.6 is 15.9 Å². The first-order valence-corrected chi connectivity index (χ1v) is 6.48. The van der Waals surface area contributed by atoms with Gasteiger partial charge in [-0.1, -0.05) is 15.9 Å². The maximum absolute atomic E-state index is 12.0. The third-order valence-corrected chi connectivity index (χ3v) is 3.47. The standard InChI is InChI=1S/C11H18BrNO3/c1-10(2,12)9(14)13-5-3-11(4-6-13)15-7-8-16-11/h3-8H2,1-2H3. The number of rotatable bonds is 1. The van der Waals surface area contributed by atoms with Gasteiger partial charge in [-0.3, -0.25) is 4.79 Å². The Bertz CT molecular complexity index is 271. The number of carbonyl (C=O) groups excluding carboxylic acids is 1. The highest BCUT2D eigenvalue weighted by Crippen LogP contribution is 2.32. The highest BCUT2D eigenvalue weighted by atomic mass is 79.9. The molecule has 2 rings (SSSR count). The molecular weight excluding hydrogens is 274 g/mol. The zero-order valence-corrected chi connectivity index (χ0v) is 11.4. The number of nitrogens with zero attached hydrogens (tertiary/aromatic N) is 1. The molecule has 2 saturated heterocycles. The van der Waals surface area contributed by atoms with Crippen LogP contribution in [0.15, 0.2) is 0 Å². The van der Waals surface area contributed by atoms with Gasteiger partial charge in [-0.15, -0.1) is 0 Å². The molecule has 0 saturated carbocycles. The minimum Gasteiger partial charge on any atom is -0.347 e. The minimum absolute atomic E-state index is 0.139. The van der Waals surface area contributed by atoms with Crippen molar-refractivity contribution in [2.45, 2.75) is 36.8 Å². The molecule has 1 amide bonds. The summed E-state index contributed by atoms with van der Waals surface area (Å²) in [6.07, 6.45) is 1.56. The summed E-state index contributed by atoms with van der Waals surface area (Å²) < 4.78 is 10.8. The minimum atomic E-state index is -0.477. The Kier molecular flexibility index (Phi) is 3.29. The topological polar surface area (TPSA) is 38.8 Å². The number of likely N-dealkylation sites (tertiary alicyclic amines) is 1. The van der Waals surface area contributed by atoms with Crippen LogP contribution in [0.3, 0.4) is 0 Å². The van der Waals surface area contributed by atoms with Crippen molar-refractivity contribution in [3.05, 3.63) is 0 Å². The van der Waals surface area contributed by atoms with E-state index in [1.54, 1.807) is 0 Å². The van der Waals surface area contributed by atoms with Gasteiger partial charge in [0, 0.05) is 25.9 Å². The number of alkyl halides is 1. The fraction of sp³-hybridized carbons (Fsp3) is 0.909. The molecule has 0 aromatic rings. The van der Waals surface area contributed by atoms with Crippen molar-refractivity contribution in [1.82, 2.24) is 4.90 Å². The molecule has 2 heterocycles. The average Bonchev–Trinajstić information content (AvgIpc) is 2.66. The van der Waals surface area contributed by atoms with Crippen LogP contribution in [0.1, 0.15) is 26.7 Å². The Hall–Kier alpha value is -0.130. The van der Waals surface area contributed by atoms with E-state index in [0.29, 0.717) is 26.3 Å². The Morgan fingerprint density at radius 3 is 2.19 bits per heavy atom. The number of carbonyl (C=O) groups is 1. The van der Waals surface area contributed by atoms with Crippen LogP contribution < -0.4 is 0 Å². The summed E-state index contributed by atoms with van der Waals surface area (Å²) in [7, 11) is 0. The van der Waals surface area contributed by atoms with Crippen molar-refractivity contribution in [3.63, 3.8) is 0 Å². The molecule has 2 fully saturated rings. The smallest absolute Gasteiger partial charge is 0.238 e. The van der Waals surface area contributed by atoms with Gasteiger partial charge in [0.15, 0.2) is 5.79 Å². The van der Waals surface area contributed by atoms with Gasteiger partial charge in [-0.05, 0) is 13.8 Å². The second kappa shape index (κ2) is 4.27. The number of halogens is 1. The molecule has 0 bridgehead atoms. The fourth-order valence-corrected chi connectivity index (χ4v) is 2.46. The zero-order chi connectivity index (χ0) is 11.8. The van der Waals surface area contributed by atoms with Gasteiger partial charge in [-0.25, -0.2) is 0 Å². The molecule has 2 aliphatic rings. The molecule has 92 valence electrons. The lowest BCUT2D eigenvalue weighted by Crippen LogP contribution is -2.51. The Morgan fingerprint density at radius 2 is 1.75 bits per heavy atom. The second-order valence-corrected chi connectivity index (χ2v) is 6.85. The highest BCUT2D eigenvalue weighted by molar-refractivity contribution is 9.10. The van der Waals surface area contributed by atoms with Gasteiger partial charge >= 0.3 is 0 Å². The second-order valence-electron chi connectivity index (χ2n) is 4.87. The summed E-state index contributed by atoms with van der Waals surface area (Å²) in [6.45, 7) is 6.54. The summed E-state index contributed by atoms with van der Waals surface area (Å²) in [5, 5.41) is 0. The predicted octanol–water partition coefficient (Wildman–Crippen LogP) is 1.53. The van der Waals surface area contributed by atoms with E-state index in [9.17, 15) is 4.79 Å². The Morgan fingerprint density at radius 1 is 1.25 bits per heavy atom. The first kappa shape index (κ1) is 12.3. The quantitative estimate of drug-likeness (QED) is 0.688. The third kappa shape index (κ3) is 2.41.